The summed E-state index contributed by atoms with van der Waals surface area (Å²) in [6.07, 6.45) is 0. The number of nitrogens with zero attached hydrogens (tertiary/aromatic N) is 4. The fraction of sp³-hybridized carbons (Fsp3) is 0. The van der Waals surface area contributed by atoms with Crippen molar-refractivity contribution >= 4 is 108 Å². The molecule has 0 amide bonds. The van der Waals surface area contributed by atoms with E-state index in [0.29, 0.717) is 17.1 Å². The fourth-order valence-electron chi connectivity index (χ4n) is 9.05. The molecule has 0 N–H and O–H groups in total. The highest BCUT2D eigenvalue weighted by atomic mass is 32.1. The Hall–Kier alpha value is -7.64. The zero-order valence-corrected chi connectivity index (χ0v) is 30.4. The van der Waals surface area contributed by atoms with Crippen LogP contribution >= 0.6 is 11.3 Å². The summed E-state index contributed by atoms with van der Waals surface area (Å²) in [5.41, 5.74) is 9.93. The molecule has 258 valence electrons. The van der Waals surface area contributed by atoms with Crippen molar-refractivity contribution in [1.82, 2.24) is 9.13 Å². The summed E-state index contributed by atoms with van der Waals surface area (Å²) in [5, 5.41) is 8.99. The van der Waals surface area contributed by atoms with Crippen LogP contribution in [0, 0.1) is 13.1 Å². The summed E-state index contributed by atoms with van der Waals surface area (Å²) in [6.45, 7) is 16.8. The van der Waals surface area contributed by atoms with Crippen LogP contribution in [-0.4, -0.2) is 9.13 Å². The summed E-state index contributed by atoms with van der Waals surface area (Å²) in [4.78, 5) is 8.07. The quantitative estimate of drug-likeness (QED) is 0.167. The summed E-state index contributed by atoms with van der Waals surface area (Å²) in [6, 6.07) is 54.9. The van der Waals surface area contributed by atoms with E-state index < -0.39 is 0 Å². The van der Waals surface area contributed by atoms with Gasteiger partial charge in [-0.25, -0.2) is 4.85 Å². The average Bonchev–Trinajstić information content (AvgIpc) is 3.99. The summed E-state index contributed by atoms with van der Waals surface area (Å²) >= 11 is 1.80. The molecule has 5 nitrogen and oxygen atoms in total. The Balaban J connectivity index is 1.24. The van der Waals surface area contributed by atoms with Crippen LogP contribution in [-0.2, 0) is 0 Å². The first-order chi connectivity index (χ1) is 27.7. The maximum Gasteiger partial charge on any atom is 0.218 e. The molecule has 0 aliphatic rings. The summed E-state index contributed by atoms with van der Waals surface area (Å²) in [7, 11) is 0. The predicted molar refractivity (Wildman–Crippen MR) is 233 cm³/mol. The average molecular weight is 731 g/mol. The maximum absolute atomic E-state index is 8.63. The molecule has 0 spiro atoms. The highest BCUT2D eigenvalue weighted by Crippen LogP contribution is 2.49. The van der Waals surface area contributed by atoms with Crippen molar-refractivity contribution < 1.29 is 4.42 Å². The van der Waals surface area contributed by atoms with Crippen LogP contribution in [0.25, 0.3) is 118 Å². The molecule has 4 heterocycles. The molecule has 6 heteroatoms. The van der Waals surface area contributed by atoms with Gasteiger partial charge in [-0.2, -0.15) is 0 Å². The van der Waals surface area contributed by atoms with Gasteiger partial charge in [0.1, 0.15) is 11.2 Å². The molecule has 0 fully saturated rings. The van der Waals surface area contributed by atoms with E-state index >= 15 is 0 Å². The Bertz CT molecular complexity index is 3750. The van der Waals surface area contributed by atoms with Crippen LogP contribution in [0.2, 0.25) is 0 Å². The van der Waals surface area contributed by atoms with E-state index in [1.807, 2.05) is 24.3 Å². The van der Waals surface area contributed by atoms with Crippen LogP contribution in [0.5, 0.6) is 0 Å². The van der Waals surface area contributed by atoms with Crippen molar-refractivity contribution in [3.05, 3.63) is 181 Å². The number of hydrogen-bond donors (Lipinski definition) is 0. The largest absolute Gasteiger partial charge is 0.456 e. The number of rotatable bonds is 3. The normalized spacial score (nSPS) is 11.9. The van der Waals surface area contributed by atoms with Gasteiger partial charge in [0.05, 0.1) is 46.3 Å². The minimum Gasteiger partial charge on any atom is -0.456 e. The SMILES string of the molecule is [C-]#[N+]c1ccc(-c2ccccc2-n2c3ccccc3c3ccc4oc5ccccc5c4c32)c(-n2c3ccccc3c3cc4sc5ccccc5c4cc32)c1[N+]#[C-]. The Morgan fingerprint density at radius 3 is 1.98 bits per heavy atom. The number of aromatic nitrogens is 2. The van der Waals surface area contributed by atoms with Gasteiger partial charge in [0.2, 0.25) is 5.69 Å². The van der Waals surface area contributed by atoms with Crippen molar-refractivity contribution in [2.75, 3.05) is 0 Å². The molecule has 0 aliphatic carbocycles. The van der Waals surface area contributed by atoms with Crippen LogP contribution in [0.1, 0.15) is 0 Å². The van der Waals surface area contributed by atoms with Crippen LogP contribution in [0.3, 0.4) is 0 Å². The summed E-state index contributed by atoms with van der Waals surface area (Å²) in [5.74, 6) is 0. The smallest absolute Gasteiger partial charge is 0.218 e. The monoisotopic (exact) mass is 730 g/mol. The molecule has 0 aliphatic heterocycles. The third-order valence-corrected chi connectivity index (χ3v) is 12.5. The van der Waals surface area contributed by atoms with E-state index in [9.17, 15) is 0 Å². The van der Waals surface area contributed by atoms with Crippen molar-refractivity contribution in [2.45, 2.75) is 0 Å². The van der Waals surface area contributed by atoms with Gasteiger partial charge < -0.3 is 13.6 Å². The van der Waals surface area contributed by atoms with E-state index in [-0.39, 0.29) is 0 Å². The Labute approximate surface area is 323 Å². The van der Waals surface area contributed by atoms with E-state index in [2.05, 4.69) is 152 Å². The topological polar surface area (TPSA) is 31.7 Å². The van der Waals surface area contributed by atoms with Crippen molar-refractivity contribution in [3.63, 3.8) is 0 Å². The molecule has 56 heavy (non-hydrogen) atoms. The molecule has 0 saturated carbocycles. The number of thiophene rings is 1. The lowest BCUT2D eigenvalue weighted by Gasteiger charge is -2.20. The zero-order valence-electron chi connectivity index (χ0n) is 29.6. The van der Waals surface area contributed by atoms with E-state index in [1.54, 1.807) is 11.3 Å². The predicted octanol–water partition coefficient (Wildman–Crippen LogP) is 14.9. The minimum absolute atomic E-state index is 0.327. The van der Waals surface area contributed by atoms with Crippen LogP contribution in [0.15, 0.2) is 162 Å². The molecule has 0 radical (unpaired) electrons. The molecule has 12 rings (SSSR count). The lowest BCUT2D eigenvalue weighted by atomic mass is 9.98. The molecule has 0 unspecified atom stereocenters. The molecular weight excluding hydrogens is 705 g/mol. The molecule has 0 atom stereocenters. The molecule has 12 aromatic rings. The molecule has 8 aromatic carbocycles. The van der Waals surface area contributed by atoms with Crippen molar-refractivity contribution in [1.29, 1.82) is 0 Å². The van der Waals surface area contributed by atoms with Gasteiger partial charge in [0, 0.05) is 58.4 Å². The number of hydrogen-bond acceptors (Lipinski definition) is 2. The highest BCUT2D eigenvalue weighted by molar-refractivity contribution is 7.25. The first-order valence-electron chi connectivity index (χ1n) is 18.4. The Morgan fingerprint density at radius 2 is 1.16 bits per heavy atom. The third-order valence-electron chi connectivity index (χ3n) is 11.4. The van der Waals surface area contributed by atoms with Crippen molar-refractivity contribution in [2.24, 2.45) is 0 Å². The first kappa shape index (κ1) is 30.8. The first-order valence-corrected chi connectivity index (χ1v) is 19.2. The maximum atomic E-state index is 8.63. The Kier molecular flexibility index (Phi) is 6.28. The van der Waals surface area contributed by atoms with Gasteiger partial charge in [-0.3, -0.25) is 4.85 Å². The van der Waals surface area contributed by atoms with Gasteiger partial charge in [0.15, 0.2) is 5.69 Å². The Morgan fingerprint density at radius 1 is 0.464 bits per heavy atom. The van der Waals surface area contributed by atoms with Crippen LogP contribution < -0.4 is 0 Å². The summed E-state index contributed by atoms with van der Waals surface area (Å²) < 4.78 is 13.5. The molecule has 0 saturated heterocycles. The van der Waals surface area contributed by atoms with Gasteiger partial charge in [-0.15, -0.1) is 11.3 Å². The highest BCUT2D eigenvalue weighted by Gasteiger charge is 2.26. The zero-order chi connectivity index (χ0) is 37.1. The van der Waals surface area contributed by atoms with E-state index in [1.165, 1.54) is 20.2 Å². The number of fused-ring (bicyclic) bond motifs is 13. The number of furan rings is 1. The second-order valence-corrected chi connectivity index (χ2v) is 15.3. The van der Waals surface area contributed by atoms with Gasteiger partial charge >= 0.3 is 0 Å². The second-order valence-electron chi connectivity index (χ2n) is 14.2. The van der Waals surface area contributed by atoms with E-state index in [4.69, 9.17) is 17.6 Å². The van der Waals surface area contributed by atoms with Gasteiger partial charge in [-0.05, 0) is 60.2 Å². The van der Waals surface area contributed by atoms with Crippen molar-refractivity contribution in [3.8, 4) is 22.5 Å². The lowest BCUT2D eigenvalue weighted by molar-refractivity contribution is 0.669. The lowest BCUT2D eigenvalue weighted by Crippen LogP contribution is -2.02. The van der Waals surface area contributed by atoms with Gasteiger partial charge in [0.25, 0.3) is 0 Å². The number of benzene rings is 8. The number of para-hydroxylation sites is 4. The van der Waals surface area contributed by atoms with Crippen LogP contribution in [0.4, 0.5) is 11.4 Å². The van der Waals surface area contributed by atoms with E-state index in [0.717, 1.165) is 82.4 Å². The second kappa shape index (κ2) is 11.4. The standard InChI is InChI=1S/C50H26N4OS/c1-51-38-25-23-34(50(48(38)52-2)54-41-20-10-5-15-31(41)36-28-46-37(27-42(36)54)32-16-7-12-22-45(32)56-46)30-14-4-9-19-40(30)53-39-18-8-3-13-29(39)33-24-26-44-47(49(33)53)35-17-6-11-21-43(35)55-44/h3-28H. The van der Waals surface area contributed by atoms with Gasteiger partial charge in [-0.1, -0.05) is 103 Å². The molecule has 4 aromatic heterocycles. The fourth-order valence-corrected chi connectivity index (χ4v) is 10.2. The molecule has 0 bridgehead atoms. The third kappa shape index (κ3) is 4.06. The molecular formula is C50H26N4OS. The minimum atomic E-state index is 0.327.